The molecule has 1 heterocycles. The maximum atomic E-state index is 11.8. The number of carbonyl (C=O) groups excluding carboxylic acids is 1. The normalized spacial score (nSPS) is 15.9. The fraction of sp³-hybridized carbons (Fsp3) is 0.364. The van der Waals surface area contributed by atoms with Crippen LogP contribution in [0.2, 0.25) is 5.02 Å². The smallest absolute Gasteiger partial charge is 0.168 e. The second-order valence-corrected chi connectivity index (χ2v) is 3.98. The van der Waals surface area contributed by atoms with Crippen molar-refractivity contribution in [2.24, 2.45) is 5.92 Å². The van der Waals surface area contributed by atoms with Gasteiger partial charge in [0, 0.05) is 24.6 Å². The molecule has 0 aliphatic carbocycles. The summed E-state index contributed by atoms with van der Waals surface area (Å²) in [4.78, 5) is 11.8. The summed E-state index contributed by atoms with van der Waals surface area (Å²) in [6.45, 7) is 1.53. The molecule has 0 saturated carbocycles. The van der Waals surface area contributed by atoms with E-state index in [0.29, 0.717) is 16.3 Å². The minimum atomic E-state index is 0.106. The second-order valence-electron chi connectivity index (χ2n) is 3.57. The number of hydrogen-bond acceptors (Lipinski definition) is 3. The Morgan fingerprint density at radius 1 is 1.53 bits per heavy atom. The Bertz CT molecular complexity index is 388. The van der Waals surface area contributed by atoms with Crippen molar-refractivity contribution in [1.82, 2.24) is 5.32 Å². The first-order valence-electron chi connectivity index (χ1n) is 4.81. The molecule has 80 valence electrons. The number of ether oxygens (including phenoxy) is 1. The Morgan fingerprint density at radius 3 is 2.73 bits per heavy atom. The van der Waals surface area contributed by atoms with E-state index in [1.807, 2.05) is 0 Å². The Kier molecular flexibility index (Phi) is 2.93. The number of methoxy groups -OCH3 is 1. The van der Waals surface area contributed by atoms with Crippen molar-refractivity contribution in [3.05, 3.63) is 28.8 Å². The molecule has 1 N–H and O–H groups in total. The number of benzene rings is 1. The predicted octanol–water partition coefficient (Wildman–Crippen LogP) is 1.75. The quantitative estimate of drug-likeness (QED) is 0.797. The number of ketones is 1. The van der Waals surface area contributed by atoms with Crippen LogP contribution >= 0.6 is 11.6 Å². The topological polar surface area (TPSA) is 38.3 Å². The van der Waals surface area contributed by atoms with Crippen molar-refractivity contribution < 1.29 is 9.53 Å². The number of hydrogen-bond donors (Lipinski definition) is 1. The Labute approximate surface area is 93.4 Å². The van der Waals surface area contributed by atoms with Gasteiger partial charge in [0.05, 0.1) is 12.1 Å². The van der Waals surface area contributed by atoms with Crippen LogP contribution in [0.25, 0.3) is 0 Å². The van der Waals surface area contributed by atoms with Crippen LogP contribution in [0.5, 0.6) is 5.75 Å². The molecule has 0 amide bonds. The number of carbonyl (C=O) groups is 1. The Hall–Kier alpha value is -1.06. The van der Waals surface area contributed by atoms with Crippen molar-refractivity contribution >= 4 is 17.4 Å². The summed E-state index contributed by atoms with van der Waals surface area (Å²) in [6.07, 6.45) is 0. The highest BCUT2D eigenvalue weighted by Crippen LogP contribution is 2.26. The molecule has 0 unspecified atom stereocenters. The average molecular weight is 226 g/mol. The van der Waals surface area contributed by atoms with E-state index in [0.717, 1.165) is 13.1 Å². The van der Waals surface area contributed by atoms with Gasteiger partial charge in [0.1, 0.15) is 5.75 Å². The fourth-order valence-corrected chi connectivity index (χ4v) is 1.79. The lowest BCUT2D eigenvalue weighted by Crippen LogP contribution is -2.46. The lowest BCUT2D eigenvalue weighted by atomic mass is 9.93. The second kappa shape index (κ2) is 4.21. The third-order valence-electron chi connectivity index (χ3n) is 2.59. The van der Waals surface area contributed by atoms with E-state index in [1.54, 1.807) is 25.3 Å². The molecule has 1 aliphatic rings. The van der Waals surface area contributed by atoms with E-state index in [4.69, 9.17) is 16.3 Å². The van der Waals surface area contributed by atoms with Crippen molar-refractivity contribution in [3.63, 3.8) is 0 Å². The van der Waals surface area contributed by atoms with Crippen LogP contribution in [-0.4, -0.2) is 26.0 Å². The highest BCUT2D eigenvalue weighted by Gasteiger charge is 2.26. The van der Waals surface area contributed by atoms with Gasteiger partial charge in [-0.2, -0.15) is 0 Å². The largest absolute Gasteiger partial charge is 0.495 e. The van der Waals surface area contributed by atoms with Gasteiger partial charge in [0.15, 0.2) is 5.78 Å². The van der Waals surface area contributed by atoms with Gasteiger partial charge in [-0.3, -0.25) is 4.79 Å². The summed E-state index contributed by atoms with van der Waals surface area (Å²) in [7, 11) is 1.55. The zero-order valence-electron chi connectivity index (χ0n) is 8.42. The molecule has 1 aromatic carbocycles. The third kappa shape index (κ3) is 1.98. The highest BCUT2D eigenvalue weighted by molar-refractivity contribution is 6.32. The van der Waals surface area contributed by atoms with E-state index < -0.39 is 0 Å². The van der Waals surface area contributed by atoms with Crippen molar-refractivity contribution in [3.8, 4) is 5.75 Å². The number of Topliss-reactive ketones (excluding diaryl/α,β-unsaturated/α-hetero) is 1. The molecule has 1 saturated heterocycles. The maximum Gasteiger partial charge on any atom is 0.168 e. The SMILES string of the molecule is COc1ccc(C(=O)C2CNC2)cc1Cl. The summed E-state index contributed by atoms with van der Waals surface area (Å²) in [6, 6.07) is 5.15. The summed E-state index contributed by atoms with van der Waals surface area (Å²) in [5.41, 5.74) is 0.660. The molecule has 0 aromatic heterocycles. The third-order valence-corrected chi connectivity index (χ3v) is 2.88. The van der Waals surface area contributed by atoms with Gasteiger partial charge in [-0.05, 0) is 18.2 Å². The van der Waals surface area contributed by atoms with Crippen molar-refractivity contribution in [1.29, 1.82) is 0 Å². The van der Waals surface area contributed by atoms with E-state index in [-0.39, 0.29) is 11.7 Å². The molecule has 1 fully saturated rings. The van der Waals surface area contributed by atoms with Crippen LogP contribution in [0.15, 0.2) is 18.2 Å². The van der Waals surface area contributed by atoms with Crippen molar-refractivity contribution in [2.45, 2.75) is 0 Å². The van der Waals surface area contributed by atoms with Crippen LogP contribution in [0, 0.1) is 5.92 Å². The number of nitrogens with one attached hydrogen (secondary N) is 1. The van der Waals surface area contributed by atoms with Crippen LogP contribution < -0.4 is 10.1 Å². The molecule has 0 bridgehead atoms. The zero-order chi connectivity index (χ0) is 10.8. The molecule has 4 heteroatoms. The summed E-state index contributed by atoms with van der Waals surface area (Å²) < 4.78 is 5.02. The minimum Gasteiger partial charge on any atom is -0.495 e. The first-order chi connectivity index (χ1) is 7.22. The lowest BCUT2D eigenvalue weighted by molar-refractivity contribution is 0.0878. The van der Waals surface area contributed by atoms with Gasteiger partial charge in [-0.15, -0.1) is 0 Å². The molecule has 15 heavy (non-hydrogen) atoms. The molecule has 1 aromatic rings. The van der Waals surface area contributed by atoms with Gasteiger partial charge in [0.2, 0.25) is 0 Å². The fourth-order valence-electron chi connectivity index (χ4n) is 1.53. The maximum absolute atomic E-state index is 11.8. The van der Waals surface area contributed by atoms with Gasteiger partial charge in [0.25, 0.3) is 0 Å². The summed E-state index contributed by atoms with van der Waals surface area (Å²) in [5.74, 6) is 0.854. The predicted molar refractivity (Wildman–Crippen MR) is 58.7 cm³/mol. The molecule has 0 spiro atoms. The molecule has 0 radical (unpaired) electrons. The van der Waals surface area contributed by atoms with Gasteiger partial charge in [-0.25, -0.2) is 0 Å². The Balaban J connectivity index is 2.21. The van der Waals surface area contributed by atoms with Crippen LogP contribution in [-0.2, 0) is 0 Å². The lowest BCUT2D eigenvalue weighted by Gasteiger charge is -2.25. The first kappa shape index (κ1) is 10.5. The molecular weight excluding hydrogens is 214 g/mol. The zero-order valence-corrected chi connectivity index (χ0v) is 9.17. The van der Waals surface area contributed by atoms with Crippen LogP contribution in [0.4, 0.5) is 0 Å². The van der Waals surface area contributed by atoms with E-state index >= 15 is 0 Å². The Morgan fingerprint density at radius 2 is 2.27 bits per heavy atom. The summed E-state index contributed by atoms with van der Waals surface area (Å²) in [5, 5.41) is 3.55. The molecule has 2 rings (SSSR count). The highest BCUT2D eigenvalue weighted by atomic mass is 35.5. The molecule has 3 nitrogen and oxygen atoms in total. The van der Waals surface area contributed by atoms with E-state index in [9.17, 15) is 4.79 Å². The minimum absolute atomic E-state index is 0.106. The standard InChI is InChI=1S/C11H12ClNO2/c1-15-10-3-2-7(4-9(10)12)11(14)8-5-13-6-8/h2-4,8,13H,5-6H2,1H3. The van der Waals surface area contributed by atoms with Crippen LogP contribution in [0.3, 0.4) is 0 Å². The van der Waals surface area contributed by atoms with Crippen LogP contribution in [0.1, 0.15) is 10.4 Å². The van der Waals surface area contributed by atoms with Gasteiger partial charge >= 0.3 is 0 Å². The van der Waals surface area contributed by atoms with Crippen molar-refractivity contribution in [2.75, 3.05) is 20.2 Å². The van der Waals surface area contributed by atoms with E-state index in [1.165, 1.54) is 0 Å². The summed E-state index contributed by atoms with van der Waals surface area (Å²) >= 11 is 5.95. The molecule has 1 aliphatic heterocycles. The number of rotatable bonds is 3. The first-order valence-corrected chi connectivity index (χ1v) is 5.18. The monoisotopic (exact) mass is 225 g/mol. The molecule has 0 atom stereocenters. The van der Waals surface area contributed by atoms with E-state index in [2.05, 4.69) is 5.32 Å². The molecular formula is C11H12ClNO2. The van der Waals surface area contributed by atoms with Gasteiger partial charge in [-0.1, -0.05) is 11.6 Å². The number of halogens is 1. The average Bonchev–Trinajstić information content (AvgIpc) is 2.15. The van der Waals surface area contributed by atoms with Gasteiger partial charge < -0.3 is 10.1 Å².